The van der Waals surface area contributed by atoms with Crippen LogP contribution in [0.4, 0.5) is 11.6 Å². The molecule has 0 aliphatic rings. The Bertz CT molecular complexity index is 668. The van der Waals surface area contributed by atoms with Crippen LogP contribution in [0.15, 0.2) is 34.5 Å². The summed E-state index contributed by atoms with van der Waals surface area (Å²) in [5.41, 5.74) is 4.98. The maximum atomic E-state index is 8.51. The molecule has 0 amide bonds. The number of aromatic amines is 1. The minimum Gasteiger partial charge on any atom is -0.372 e. The molecule has 0 unspecified atom stereocenters. The number of nitrogens with zero attached hydrogens (tertiary/aromatic N) is 5. The number of hydrogen-bond donors (Lipinski definition) is 2. The largest absolute Gasteiger partial charge is 0.372 e. The Morgan fingerprint density at radius 2 is 2.09 bits per heavy atom. The topological polar surface area (TPSA) is 93.0 Å². The van der Waals surface area contributed by atoms with Gasteiger partial charge < -0.3 is 4.90 Å². The fourth-order valence-corrected chi connectivity index (χ4v) is 2.45. The van der Waals surface area contributed by atoms with E-state index in [1.54, 1.807) is 6.21 Å². The summed E-state index contributed by atoms with van der Waals surface area (Å²) in [5, 5.41) is 19.8. The number of anilines is 2. The number of hydrogen-bond acceptors (Lipinski definition) is 7. The third-order valence-electron chi connectivity index (χ3n) is 3.14. The number of thioether (sulfide) groups is 1. The molecule has 0 spiro atoms. The highest BCUT2D eigenvalue weighted by Crippen LogP contribution is 2.14. The van der Waals surface area contributed by atoms with Crippen LogP contribution in [0.2, 0.25) is 0 Å². The van der Waals surface area contributed by atoms with E-state index in [-0.39, 0.29) is 0 Å². The number of aromatic nitrogens is 3. The van der Waals surface area contributed by atoms with Crippen molar-refractivity contribution in [2.45, 2.75) is 19.0 Å². The summed E-state index contributed by atoms with van der Waals surface area (Å²) in [6.45, 7) is 6.26. The van der Waals surface area contributed by atoms with E-state index in [4.69, 9.17) is 5.26 Å². The second-order valence-corrected chi connectivity index (χ2v) is 5.49. The van der Waals surface area contributed by atoms with E-state index in [0.29, 0.717) is 16.9 Å². The van der Waals surface area contributed by atoms with E-state index in [2.05, 4.69) is 56.6 Å². The van der Waals surface area contributed by atoms with Gasteiger partial charge in [0.1, 0.15) is 0 Å². The molecule has 7 nitrogen and oxygen atoms in total. The van der Waals surface area contributed by atoms with Gasteiger partial charge in [-0.05, 0) is 31.5 Å². The monoisotopic (exact) mass is 329 g/mol. The van der Waals surface area contributed by atoms with Gasteiger partial charge in [-0.2, -0.15) is 15.3 Å². The molecule has 0 atom stereocenters. The molecule has 120 valence electrons. The normalized spacial score (nSPS) is 10.7. The molecule has 23 heavy (non-hydrogen) atoms. The third-order valence-corrected chi connectivity index (χ3v) is 3.85. The highest BCUT2D eigenvalue weighted by molar-refractivity contribution is 7.99. The fraction of sp³-hybridized carbons (Fsp3) is 0.333. The number of benzene rings is 1. The molecule has 8 heteroatoms. The molecule has 1 aromatic carbocycles. The van der Waals surface area contributed by atoms with Gasteiger partial charge in [0.15, 0.2) is 0 Å². The van der Waals surface area contributed by atoms with E-state index in [1.165, 1.54) is 17.4 Å². The summed E-state index contributed by atoms with van der Waals surface area (Å²) in [6, 6.07) is 10.2. The Hall–Kier alpha value is -2.53. The Morgan fingerprint density at radius 3 is 2.74 bits per heavy atom. The fourth-order valence-electron chi connectivity index (χ4n) is 1.99. The van der Waals surface area contributed by atoms with Crippen molar-refractivity contribution in [1.29, 1.82) is 5.26 Å². The van der Waals surface area contributed by atoms with Crippen molar-refractivity contribution in [1.82, 2.24) is 15.2 Å². The molecular weight excluding hydrogens is 310 g/mol. The lowest BCUT2D eigenvalue weighted by Gasteiger charge is -2.20. The molecule has 0 aliphatic heterocycles. The first-order valence-corrected chi connectivity index (χ1v) is 8.31. The lowest BCUT2D eigenvalue weighted by atomic mass is 10.2. The van der Waals surface area contributed by atoms with Crippen LogP contribution in [0.5, 0.6) is 0 Å². The second kappa shape index (κ2) is 8.80. The molecule has 0 saturated carbocycles. The van der Waals surface area contributed by atoms with Crippen LogP contribution in [0.3, 0.4) is 0 Å². The summed E-state index contributed by atoms with van der Waals surface area (Å²) < 4.78 is 0. The Balaban J connectivity index is 1.90. The number of hydrazone groups is 1. The van der Waals surface area contributed by atoms with Crippen LogP contribution in [0.1, 0.15) is 19.4 Å². The maximum absolute atomic E-state index is 8.51. The molecule has 0 radical (unpaired) electrons. The van der Waals surface area contributed by atoms with Gasteiger partial charge in [0, 0.05) is 18.8 Å². The maximum Gasteiger partial charge on any atom is 0.240 e. The SMILES string of the molecule is CCN(CC)c1ccc(/C=N\Nc2nc(SCC#N)n[nH]2)cc1. The molecule has 1 heterocycles. The molecule has 1 aromatic heterocycles. The smallest absolute Gasteiger partial charge is 0.240 e. The lowest BCUT2D eigenvalue weighted by Crippen LogP contribution is -2.21. The lowest BCUT2D eigenvalue weighted by molar-refractivity contribution is 0.866. The Morgan fingerprint density at radius 1 is 1.35 bits per heavy atom. The van der Waals surface area contributed by atoms with E-state index >= 15 is 0 Å². The zero-order chi connectivity index (χ0) is 16.5. The molecule has 0 bridgehead atoms. The van der Waals surface area contributed by atoms with Crippen molar-refractivity contribution in [2.24, 2.45) is 5.10 Å². The Labute approximate surface area is 139 Å². The Kier molecular flexibility index (Phi) is 6.44. The molecule has 2 rings (SSSR count). The minimum atomic E-state index is 0.319. The summed E-state index contributed by atoms with van der Waals surface area (Å²) in [4.78, 5) is 6.44. The van der Waals surface area contributed by atoms with Gasteiger partial charge in [-0.15, -0.1) is 5.10 Å². The number of nitrogens with one attached hydrogen (secondary N) is 2. The molecule has 0 saturated heterocycles. The molecule has 0 fully saturated rings. The second-order valence-electron chi connectivity index (χ2n) is 4.55. The van der Waals surface area contributed by atoms with Crippen LogP contribution >= 0.6 is 11.8 Å². The van der Waals surface area contributed by atoms with Crippen molar-refractivity contribution in [3.8, 4) is 6.07 Å². The van der Waals surface area contributed by atoms with Gasteiger partial charge in [0.2, 0.25) is 11.1 Å². The van der Waals surface area contributed by atoms with Crippen molar-refractivity contribution in [3.05, 3.63) is 29.8 Å². The first-order chi connectivity index (χ1) is 11.3. The van der Waals surface area contributed by atoms with E-state index < -0.39 is 0 Å². The predicted molar refractivity (Wildman–Crippen MR) is 93.9 cm³/mol. The highest BCUT2D eigenvalue weighted by Gasteiger charge is 2.02. The van der Waals surface area contributed by atoms with Crippen LogP contribution in [0, 0.1) is 11.3 Å². The summed E-state index contributed by atoms with van der Waals surface area (Å²) in [6.07, 6.45) is 1.72. The summed E-state index contributed by atoms with van der Waals surface area (Å²) >= 11 is 1.27. The number of H-pyrrole nitrogens is 1. The van der Waals surface area contributed by atoms with Gasteiger partial charge in [0.05, 0.1) is 18.0 Å². The summed E-state index contributed by atoms with van der Waals surface area (Å²) in [7, 11) is 0. The summed E-state index contributed by atoms with van der Waals surface area (Å²) in [5.74, 6) is 0.765. The van der Waals surface area contributed by atoms with Crippen LogP contribution in [0.25, 0.3) is 0 Å². The van der Waals surface area contributed by atoms with Gasteiger partial charge >= 0.3 is 0 Å². The van der Waals surface area contributed by atoms with E-state index in [0.717, 1.165) is 18.7 Å². The van der Waals surface area contributed by atoms with Crippen LogP contribution in [-0.4, -0.2) is 40.2 Å². The molecule has 0 aliphatic carbocycles. The molecular formula is C15H19N7S. The predicted octanol–water partition coefficient (Wildman–Crippen LogP) is 2.71. The quantitative estimate of drug-likeness (QED) is 0.439. The average molecular weight is 329 g/mol. The van der Waals surface area contributed by atoms with Gasteiger partial charge in [-0.1, -0.05) is 23.9 Å². The van der Waals surface area contributed by atoms with E-state index in [9.17, 15) is 0 Å². The number of rotatable bonds is 8. The van der Waals surface area contributed by atoms with Crippen molar-refractivity contribution >= 4 is 29.6 Å². The zero-order valence-electron chi connectivity index (χ0n) is 13.2. The zero-order valence-corrected chi connectivity index (χ0v) is 14.0. The van der Waals surface area contributed by atoms with Gasteiger partial charge in [-0.3, -0.25) is 0 Å². The average Bonchev–Trinajstić information content (AvgIpc) is 3.03. The first-order valence-electron chi connectivity index (χ1n) is 7.33. The van der Waals surface area contributed by atoms with Crippen LogP contribution < -0.4 is 10.3 Å². The molecule has 2 N–H and O–H groups in total. The van der Waals surface area contributed by atoms with Crippen LogP contribution in [-0.2, 0) is 0 Å². The highest BCUT2D eigenvalue weighted by atomic mass is 32.2. The standard InChI is InChI=1S/C15H19N7S/c1-3-22(4-2)13-7-5-12(6-8-13)11-17-19-14-18-15(21-20-14)23-10-9-16/h5-8,11H,3-4,10H2,1-2H3,(H2,18,19,20,21)/b17-11-. The third kappa shape index (κ3) is 5.00. The minimum absolute atomic E-state index is 0.319. The van der Waals surface area contributed by atoms with E-state index in [1.807, 2.05) is 18.2 Å². The van der Waals surface area contributed by atoms with Gasteiger partial charge in [-0.25, -0.2) is 10.5 Å². The number of nitriles is 1. The van der Waals surface area contributed by atoms with Gasteiger partial charge in [0.25, 0.3) is 0 Å². The molecule has 2 aromatic rings. The van der Waals surface area contributed by atoms with Crippen molar-refractivity contribution in [2.75, 3.05) is 29.2 Å². The van der Waals surface area contributed by atoms with Crippen molar-refractivity contribution < 1.29 is 0 Å². The van der Waals surface area contributed by atoms with Crippen molar-refractivity contribution in [3.63, 3.8) is 0 Å². The first kappa shape index (κ1) is 16.8.